The maximum atomic E-state index is 15.9. The Kier molecular flexibility index (Phi) is 5.26. The molecule has 0 saturated heterocycles. The second-order valence-electron chi connectivity index (χ2n) is 9.07. The fourth-order valence-electron chi connectivity index (χ4n) is 4.95. The molecule has 7 rings (SSSR count). The Balaban J connectivity index is 1.40. The molecule has 0 spiro atoms. The van der Waals surface area contributed by atoms with Gasteiger partial charge in [0.2, 0.25) is 0 Å². The molecular formula is C33H21FN4. The third-order valence-electron chi connectivity index (χ3n) is 6.73. The largest absolute Gasteiger partial charge is 0.309 e. The molecule has 0 aliphatic carbocycles. The highest BCUT2D eigenvalue weighted by Crippen LogP contribution is 2.33. The van der Waals surface area contributed by atoms with Crippen LogP contribution in [0.15, 0.2) is 127 Å². The molecule has 4 nitrogen and oxygen atoms in total. The van der Waals surface area contributed by atoms with Crippen LogP contribution in [0, 0.1) is 5.82 Å². The molecule has 2 aromatic heterocycles. The smallest absolute Gasteiger partial charge is 0.167 e. The molecule has 180 valence electrons. The van der Waals surface area contributed by atoms with Gasteiger partial charge in [0, 0.05) is 27.6 Å². The van der Waals surface area contributed by atoms with Crippen molar-refractivity contribution in [1.29, 1.82) is 0 Å². The number of fused-ring (bicyclic) bond motifs is 3. The molecule has 0 unspecified atom stereocenters. The van der Waals surface area contributed by atoms with Gasteiger partial charge in [-0.3, -0.25) is 0 Å². The first-order chi connectivity index (χ1) is 18.8. The van der Waals surface area contributed by atoms with Crippen molar-refractivity contribution in [2.75, 3.05) is 0 Å². The quantitative estimate of drug-likeness (QED) is 0.249. The van der Waals surface area contributed by atoms with E-state index in [-0.39, 0.29) is 0 Å². The van der Waals surface area contributed by atoms with Gasteiger partial charge in [-0.1, -0.05) is 97.1 Å². The summed E-state index contributed by atoms with van der Waals surface area (Å²) in [5.41, 5.74) is 4.80. The number of rotatable bonds is 4. The lowest BCUT2D eigenvalue weighted by molar-refractivity contribution is 0.629. The molecular weight excluding hydrogens is 471 g/mol. The predicted molar refractivity (Wildman–Crippen MR) is 150 cm³/mol. The van der Waals surface area contributed by atoms with Crippen molar-refractivity contribution in [3.05, 3.63) is 133 Å². The summed E-state index contributed by atoms with van der Waals surface area (Å²) in [7, 11) is 0. The third-order valence-corrected chi connectivity index (χ3v) is 6.73. The molecule has 5 aromatic carbocycles. The van der Waals surface area contributed by atoms with Crippen molar-refractivity contribution in [3.63, 3.8) is 0 Å². The van der Waals surface area contributed by atoms with Gasteiger partial charge in [-0.05, 0) is 30.3 Å². The minimum Gasteiger partial charge on any atom is -0.309 e. The molecule has 0 bridgehead atoms. The van der Waals surface area contributed by atoms with Gasteiger partial charge in [-0.2, -0.15) is 0 Å². The van der Waals surface area contributed by atoms with Crippen molar-refractivity contribution >= 4 is 21.8 Å². The normalized spacial score (nSPS) is 11.3. The Morgan fingerprint density at radius 1 is 0.474 bits per heavy atom. The molecule has 0 amide bonds. The number of benzene rings is 5. The molecule has 7 aromatic rings. The molecule has 0 aliphatic heterocycles. The van der Waals surface area contributed by atoms with Crippen LogP contribution in [0.1, 0.15) is 0 Å². The van der Waals surface area contributed by atoms with E-state index in [2.05, 4.69) is 38.8 Å². The maximum absolute atomic E-state index is 15.9. The van der Waals surface area contributed by atoms with E-state index >= 15 is 4.39 Å². The van der Waals surface area contributed by atoms with E-state index in [1.54, 1.807) is 12.1 Å². The third kappa shape index (κ3) is 3.73. The first-order valence-corrected chi connectivity index (χ1v) is 12.4. The van der Waals surface area contributed by atoms with Crippen LogP contribution in [-0.4, -0.2) is 19.5 Å². The number of aromatic nitrogens is 4. The van der Waals surface area contributed by atoms with Gasteiger partial charge in [-0.15, -0.1) is 0 Å². The summed E-state index contributed by atoms with van der Waals surface area (Å²) in [5, 5.41) is 2.26. The van der Waals surface area contributed by atoms with Crippen LogP contribution < -0.4 is 0 Å². The van der Waals surface area contributed by atoms with Gasteiger partial charge in [0.05, 0.1) is 16.6 Å². The number of para-hydroxylation sites is 2. The van der Waals surface area contributed by atoms with Crippen molar-refractivity contribution in [3.8, 4) is 39.9 Å². The topological polar surface area (TPSA) is 43.6 Å². The van der Waals surface area contributed by atoms with E-state index in [1.165, 1.54) is 0 Å². The summed E-state index contributed by atoms with van der Waals surface area (Å²) in [6, 6.07) is 41.0. The van der Waals surface area contributed by atoms with Crippen LogP contribution in [0.5, 0.6) is 0 Å². The molecule has 38 heavy (non-hydrogen) atoms. The second kappa shape index (κ2) is 9.05. The van der Waals surface area contributed by atoms with Gasteiger partial charge in [0.15, 0.2) is 17.5 Å². The maximum Gasteiger partial charge on any atom is 0.167 e. The minimum atomic E-state index is -0.395. The standard InChI is InChI=1S/C33H21FN4/c34-28-21-24(38-29-17-9-7-15-25(29)26-16-8-10-18-30(26)38)19-20-27(28)33-36-31(22-11-3-1-4-12-22)35-32(37-33)23-13-5-2-6-14-23/h1-21H. The number of hydrogen-bond donors (Lipinski definition) is 0. The highest BCUT2D eigenvalue weighted by Gasteiger charge is 2.17. The lowest BCUT2D eigenvalue weighted by Crippen LogP contribution is -2.02. The molecule has 0 radical (unpaired) electrons. The first-order valence-electron chi connectivity index (χ1n) is 12.4. The van der Waals surface area contributed by atoms with E-state index in [1.807, 2.05) is 91.0 Å². The van der Waals surface area contributed by atoms with E-state index < -0.39 is 5.82 Å². The Bertz CT molecular complexity index is 1820. The fraction of sp³-hybridized carbons (Fsp3) is 0. The van der Waals surface area contributed by atoms with Crippen LogP contribution in [-0.2, 0) is 0 Å². The highest BCUT2D eigenvalue weighted by atomic mass is 19.1. The zero-order valence-electron chi connectivity index (χ0n) is 20.3. The summed E-state index contributed by atoms with van der Waals surface area (Å²) in [5.74, 6) is 0.901. The molecule has 0 saturated carbocycles. The molecule has 0 atom stereocenters. The first kappa shape index (κ1) is 22.1. The fourth-order valence-corrected chi connectivity index (χ4v) is 4.95. The van der Waals surface area contributed by atoms with E-state index in [0.717, 1.165) is 38.6 Å². The predicted octanol–water partition coefficient (Wildman–Crippen LogP) is 8.11. The highest BCUT2D eigenvalue weighted by molar-refractivity contribution is 6.09. The van der Waals surface area contributed by atoms with Crippen LogP contribution in [0.25, 0.3) is 61.7 Å². The lowest BCUT2D eigenvalue weighted by atomic mass is 10.1. The summed E-state index contributed by atoms with van der Waals surface area (Å²) in [4.78, 5) is 14.1. The Hall–Kier alpha value is -5.16. The summed E-state index contributed by atoms with van der Waals surface area (Å²) in [6.45, 7) is 0. The van der Waals surface area contributed by atoms with Gasteiger partial charge >= 0.3 is 0 Å². The van der Waals surface area contributed by atoms with Crippen LogP contribution in [0.2, 0.25) is 0 Å². The molecule has 0 aliphatic rings. The number of nitrogens with zero attached hydrogens (tertiary/aromatic N) is 4. The van der Waals surface area contributed by atoms with Crippen molar-refractivity contribution < 1.29 is 4.39 Å². The van der Waals surface area contributed by atoms with E-state index in [4.69, 9.17) is 4.98 Å². The van der Waals surface area contributed by atoms with E-state index in [9.17, 15) is 0 Å². The summed E-state index contributed by atoms with van der Waals surface area (Å²) >= 11 is 0. The van der Waals surface area contributed by atoms with Crippen molar-refractivity contribution in [1.82, 2.24) is 19.5 Å². The number of halogens is 1. The van der Waals surface area contributed by atoms with Gasteiger partial charge < -0.3 is 4.57 Å². The lowest BCUT2D eigenvalue weighted by Gasteiger charge is -2.11. The zero-order valence-corrected chi connectivity index (χ0v) is 20.3. The minimum absolute atomic E-state index is 0.295. The Morgan fingerprint density at radius 3 is 1.47 bits per heavy atom. The average Bonchev–Trinajstić information content (AvgIpc) is 3.32. The van der Waals surface area contributed by atoms with Crippen LogP contribution >= 0.6 is 0 Å². The van der Waals surface area contributed by atoms with Crippen LogP contribution in [0.3, 0.4) is 0 Å². The SMILES string of the molecule is Fc1cc(-n2c3ccccc3c3ccccc32)ccc1-c1nc(-c2ccccc2)nc(-c2ccccc2)n1. The Labute approximate surface area is 218 Å². The van der Waals surface area contributed by atoms with Gasteiger partial charge in [0.1, 0.15) is 5.82 Å². The molecule has 0 N–H and O–H groups in total. The van der Waals surface area contributed by atoms with E-state index in [0.29, 0.717) is 23.0 Å². The van der Waals surface area contributed by atoms with Crippen LogP contribution in [0.4, 0.5) is 4.39 Å². The molecule has 0 fully saturated rings. The summed E-state index contributed by atoms with van der Waals surface area (Å²) in [6.07, 6.45) is 0. The molecule has 5 heteroatoms. The summed E-state index contributed by atoms with van der Waals surface area (Å²) < 4.78 is 18.0. The van der Waals surface area contributed by atoms with Crippen molar-refractivity contribution in [2.24, 2.45) is 0 Å². The number of hydrogen-bond acceptors (Lipinski definition) is 3. The zero-order chi connectivity index (χ0) is 25.5. The molecule has 2 heterocycles. The second-order valence-corrected chi connectivity index (χ2v) is 9.07. The van der Waals surface area contributed by atoms with Gasteiger partial charge in [-0.25, -0.2) is 19.3 Å². The Morgan fingerprint density at radius 2 is 0.947 bits per heavy atom. The average molecular weight is 493 g/mol. The monoisotopic (exact) mass is 492 g/mol. The van der Waals surface area contributed by atoms with Gasteiger partial charge in [0.25, 0.3) is 0 Å². The van der Waals surface area contributed by atoms with Crippen molar-refractivity contribution in [2.45, 2.75) is 0 Å².